The first kappa shape index (κ1) is 18.0. The van der Waals surface area contributed by atoms with E-state index in [-0.39, 0.29) is 16.5 Å². The standard InChI is InChI=1S/C18H17ClN4O3S/c1-11-6-12-7-15(27(20,25)26)3-4-16(12)22(11)10-14-8-18(24)23-9-13(19)2-5-17(23)21-14/h2-5,7-9,11H,6,10H2,1H3,(H2,20,25,26)/t11-/m0/s1. The average Bonchev–Trinajstić information content (AvgIpc) is 2.90. The predicted octanol–water partition coefficient (Wildman–Crippen LogP) is 1.95. The number of nitrogens with zero attached hydrogens (tertiary/aromatic N) is 3. The fraction of sp³-hybridized carbons (Fsp3) is 0.222. The van der Waals surface area contributed by atoms with Crippen LogP contribution < -0.4 is 15.6 Å². The summed E-state index contributed by atoms with van der Waals surface area (Å²) in [4.78, 5) is 19.1. The van der Waals surface area contributed by atoms with Crippen molar-refractivity contribution in [3.05, 3.63) is 69.2 Å². The van der Waals surface area contributed by atoms with Crippen LogP contribution in [0.4, 0.5) is 5.69 Å². The molecule has 0 bridgehead atoms. The van der Waals surface area contributed by atoms with E-state index in [0.717, 1.165) is 11.3 Å². The number of primary sulfonamides is 1. The highest BCUT2D eigenvalue weighted by molar-refractivity contribution is 7.89. The largest absolute Gasteiger partial charge is 0.362 e. The number of nitrogens with two attached hydrogens (primary N) is 1. The number of fused-ring (bicyclic) bond motifs is 2. The molecule has 0 saturated carbocycles. The molecule has 1 aliphatic rings. The summed E-state index contributed by atoms with van der Waals surface area (Å²) in [5, 5.41) is 5.69. The van der Waals surface area contributed by atoms with Crippen LogP contribution >= 0.6 is 11.6 Å². The number of rotatable bonds is 3. The Balaban J connectivity index is 1.71. The molecule has 9 heteroatoms. The summed E-state index contributed by atoms with van der Waals surface area (Å²) in [6.45, 7) is 2.49. The van der Waals surface area contributed by atoms with Gasteiger partial charge in [-0.15, -0.1) is 0 Å². The second-order valence-electron chi connectivity index (χ2n) is 6.68. The lowest BCUT2D eigenvalue weighted by Crippen LogP contribution is -2.30. The van der Waals surface area contributed by atoms with Gasteiger partial charge in [-0.05, 0) is 49.2 Å². The van der Waals surface area contributed by atoms with Gasteiger partial charge in [0.1, 0.15) is 5.65 Å². The Morgan fingerprint density at radius 3 is 2.78 bits per heavy atom. The minimum absolute atomic E-state index is 0.106. The van der Waals surface area contributed by atoms with E-state index in [0.29, 0.717) is 29.3 Å². The highest BCUT2D eigenvalue weighted by Crippen LogP contribution is 2.34. The Hall–Kier alpha value is -2.42. The summed E-state index contributed by atoms with van der Waals surface area (Å²) < 4.78 is 24.6. The zero-order valence-electron chi connectivity index (χ0n) is 14.5. The van der Waals surface area contributed by atoms with Gasteiger partial charge >= 0.3 is 0 Å². The molecule has 3 heterocycles. The average molecular weight is 405 g/mol. The minimum Gasteiger partial charge on any atom is -0.362 e. The van der Waals surface area contributed by atoms with E-state index in [1.165, 1.54) is 16.5 Å². The Labute approximate surface area is 161 Å². The lowest BCUT2D eigenvalue weighted by molar-refractivity contribution is 0.597. The minimum atomic E-state index is -3.74. The van der Waals surface area contributed by atoms with Crippen molar-refractivity contribution in [3.63, 3.8) is 0 Å². The molecule has 0 spiro atoms. The van der Waals surface area contributed by atoms with Gasteiger partial charge in [0.2, 0.25) is 10.0 Å². The zero-order valence-corrected chi connectivity index (χ0v) is 16.0. The lowest BCUT2D eigenvalue weighted by atomic mass is 10.1. The Bertz CT molecular complexity index is 1220. The van der Waals surface area contributed by atoms with E-state index in [9.17, 15) is 13.2 Å². The molecule has 1 aliphatic heterocycles. The van der Waals surface area contributed by atoms with Crippen LogP contribution in [0, 0.1) is 0 Å². The van der Waals surface area contributed by atoms with E-state index in [1.807, 2.05) is 6.92 Å². The second kappa shape index (κ2) is 6.33. The summed E-state index contributed by atoms with van der Waals surface area (Å²) in [6, 6.07) is 9.90. The first-order valence-electron chi connectivity index (χ1n) is 8.32. The number of benzene rings is 1. The molecule has 140 valence electrons. The van der Waals surface area contributed by atoms with Gasteiger partial charge in [0.05, 0.1) is 22.2 Å². The molecule has 7 nitrogen and oxygen atoms in total. The van der Waals surface area contributed by atoms with Gasteiger partial charge in [0.15, 0.2) is 0 Å². The topological polar surface area (TPSA) is 97.8 Å². The summed E-state index contributed by atoms with van der Waals surface area (Å²) in [5.41, 5.74) is 2.80. The van der Waals surface area contributed by atoms with Crippen LogP contribution in [0.1, 0.15) is 18.2 Å². The molecule has 0 fully saturated rings. The molecular formula is C18H17ClN4O3S. The normalized spacial score (nSPS) is 16.7. The molecule has 0 radical (unpaired) electrons. The van der Waals surface area contributed by atoms with E-state index in [1.54, 1.807) is 30.5 Å². The molecule has 2 aromatic heterocycles. The zero-order chi connectivity index (χ0) is 19.3. The molecule has 27 heavy (non-hydrogen) atoms. The van der Waals surface area contributed by atoms with Crippen molar-refractivity contribution in [3.8, 4) is 0 Å². The van der Waals surface area contributed by atoms with E-state index in [2.05, 4.69) is 9.88 Å². The van der Waals surface area contributed by atoms with Crippen molar-refractivity contribution >= 4 is 33.0 Å². The SMILES string of the molecule is C[C@H]1Cc2cc(S(N)(=O)=O)ccc2N1Cc1cc(=O)n2cc(Cl)ccc2n1. The predicted molar refractivity (Wildman–Crippen MR) is 104 cm³/mol. The number of halogens is 1. The van der Waals surface area contributed by atoms with Gasteiger partial charge in [-0.25, -0.2) is 18.5 Å². The summed E-state index contributed by atoms with van der Waals surface area (Å²) in [7, 11) is -3.74. The fourth-order valence-electron chi connectivity index (χ4n) is 3.47. The Kier molecular flexibility index (Phi) is 4.21. The summed E-state index contributed by atoms with van der Waals surface area (Å²) >= 11 is 5.94. The van der Waals surface area contributed by atoms with E-state index in [4.69, 9.17) is 16.7 Å². The van der Waals surface area contributed by atoms with Gasteiger partial charge in [0.25, 0.3) is 5.56 Å². The van der Waals surface area contributed by atoms with Crippen LogP contribution in [0.5, 0.6) is 0 Å². The van der Waals surface area contributed by atoms with Gasteiger partial charge in [0, 0.05) is 24.0 Å². The van der Waals surface area contributed by atoms with Crippen molar-refractivity contribution in [2.75, 3.05) is 4.90 Å². The quantitative estimate of drug-likeness (QED) is 0.719. The molecule has 3 aromatic rings. The summed E-state index contributed by atoms with van der Waals surface area (Å²) in [6.07, 6.45) is 2.24. The van der Waals surface area contributed by atoms with Crippen molar-refractivity contribution in [1.29, 1.82) is 0 Å². The monoisotopic (exact) mass is 404 g/mol. The third kappa shape index (κ3) is 3.31. The first-order chi connectivity index (χ1) is 12.7. The van der Waals surface area contributed by atoms with Crippen LogP contribution in [-0.4, -0.2) is 23.8 Å². The molecule has 2 N–H and O–H groups in total. The second-order valence-corrected chi connectivity index (χ2v) is 8.68. The highest BCUT2D eigenvalue weighted by Gasteiger charge is 2.27. The van der Waals surface area contributed by atoms with Gasteiger partial charge in [-0.2, -0.15) is 0 Å². The highest BCUT2D eigenvalue weighted by atomic mass is 35.5. The third-order valence-corrected chi connectivity index (χ3v) is 5.88. The lowest BCUT2D eigenvalue weighted by Gasteiger charge is -2.24. The summed E-state index contributed by atoms with van der Waals surface area (Å²) in [5.74, 6) is 0. The van der Waals surface area contributed by atoms with Crippen LogP contribution in [-0.2, 0) is 23.0 Å². The van der Waals surface area contributed by atoms with E-state index < -0.39 is 10.0 Å². The molecule has 0 aliphatic carbocycles. The first-order valence-corrected chi connectivity index (χ1v) is 10.2. The number of anilines is 1. The molecule has 0 saturated heterocycles. The number of hydrogen-bond donors (Lipinski definition) is 1. The fourth-order valence-corrected chi connectivity index (χ4v) is 4.20. The van der Waals surface area contributed by atoms with Crippen molar-refractivity contribution in [2.45, 2.75) is 30.8 Å². The van der Waals surface area contributed by atoms with Gasteiger partial charge < -0.3 is 4.90 Å². The number of sulfonamides is 1. The molecule has 0 unspecified atom stereocenters. The van der Waals surface area contributed by atoms with Gasteiger partial charge in [-0.3, -0.25) is 9.20 Å². The maximum atomic E-state index is 12.4. The Morgan fingerprint density at radius 1 is 1.26 bits per heavy atom. The molecular weight excluding hydrogens is 388 g/mol. The maximum absolute atomic E-state index is 12.4. The molecule has 1 atom stereocenters. The molecule has 1 aromatic carbocycles. The van der Waals surface area contributed by atoms with Gasteiger partial charge in [-0.1, -0.05) is 11.6 Å². The Morgan fingerprint density at radius 2 is 2.04 bits per heavy atom. The number of aromatic nitrogens is 2. The van der Waals surface area contributed by atoms with Crippen molar-refractivity contribution in [2.24, 2.45) is 5.14 Å². The number of hydrogen-bond acceptors (Lipinski definition) is 5. The van der Waals surface area contributed by atoms with Crippen LogP contribution in [0.25, 0.3) is 5.65 Å². The van der Waals surface area contributed by atoms with Crippen LogP contribution in [0.2, 0.25) is 5.02 Å². The van der Waals surface area contributed by atoms with Crippen LogP contribution in [0.3, 0.4) is 0 Å². The van der Waals surface area contributed by atoms with Crippen LogP contribution in [0.15, 0.2) is 52.3 Å². The third-order valence-electron chi connectivity index (χ3n) is 4.75. The maximum Gasteiger partial charge on any atom is 0.258 e. The van der Waals surface area contributed by atoms with E-state index >= 15 is 0 Å². The van der Waals surface area contributed by atoms with Crippen molar-refractivity contribution < 1.29 is 8.42 Å². The smallest absolute Gasteiger partial charge is 0.258 e. The molecule has 0 amide bonds. The molecule has 4 rings (SSSR count). The van der Waals surface area contributed by atoms with Crippen molar-refractivity contribution in [1.82, 2.24) is 9.38 Å². The number of pyridine rings is 1.